The van der Waals surface area contributed by atoms with Gasteiger partial charge in [0.05, 0.1) is 15.6 Å². The van der Waals surface area contributed by atoms with Crippen molar-refractivity contribution in [1.29, 1.82) is 0 Å². The van der Waals surface area contributed by atoms with Crippen LogP contribution in [0.1, 0.15) is 40.2 Å². The minimum absolute atomic E-state index is 0.0582. The van der Waals surface area contributed by atoms with E-state index in [1.807, 2.05) is 27.7 Å². The third-order valence-electron chi connectivity index (χ3n) is 1.86. The van der Waals surface area contributed by atoms with E-state index in [1.54, 1.807) is 6.92 Å². The molecule has 0 aromatic heterocycles. The average Bonchev–Trinajstić information content (AvgIpc) is 2.37. The summed E-state index contributed by atoms with van der Waals surface area (Å²) >= 11 is 5.79. The lowest BCUT2D eigenvalue weighted by molar-refractivity contribution is -0.114. The second-order valence-corrected chi connectivity index (χ2v) is 5.08. The maximum absolute atomic E-state index is 10.9. The Labute approximate surface area is 126 Å². The van der Waals surface area contributed by atoms with E-state index in [0.29, 0.717) is 11.3 Å². The number of halogens is 1. The molecule has 0 spiro atoms. The quantitative estimate of drug-likeness (QED) is 0.808. The van der Waals surface area contributed by atoms with Crippen molar-refractivity contribution in [2.24, 2.45) is 0 Å². The van der Waals surface area contributed by atoms with Crippen molar-refractivity contribution in [3.8, 4) is 0 Å². The largest absolute Gasteiger partial charge is 0.325 e. The van der Waals surface area contributed by atoms with Crippen LogP contribution >= 0.6 is 11.6 Å². The molecule has 0 saturated heterocycles. The summed E-state index contributed by atoms with van der Waals surface area (Å²) < 4.78 is 30.6. The number of rotatable bonds is 2. The molecule has 20 heavy (non-hydrogen) atoms. The van der Waals surface area contributed by atoms with Gasteiger partial charge in [0.25, 0.3) is 10.1 Å². The zero-order valence-corrected chi connectivity index (χ0v) is 14.2. The maximum Gasteiger partial charge on any atom is 0.294 e. The Morgan fingerprint density at radius 2 is 1.65 bits per heavy atom. The summed E-state index contributed by atoms with van der Waals surface area (Å²) in [5, 5.41) is 2.53. The first kappa shape index (κ1) is 21.2. The number of carbonyl (C=O) groups excluding carboxylic acids is 1. The molecular weight excluding hydrogens is 302 g/mol. The Kier molecular flexibility index (Phi) is 10.3. The molecule has 1 aromatic rings. The Bertz CT molecular complexity index is 518. The standard InChI is InChI=1S/C9H10ClNO4S.2C2H6/c1-5-3-7(16(13,14)15)4-8(10)9(5)11-6(2)12;2*1-2/h3-4H,1-2H3,(H,11,12)(H,13,14,15);2*1-2H3. The molecule has 0 aliphatic carbocycles. The average molecular weight is 324 g/mol. The van der Waals surface area contributed by atoms with Crippen molar-refractivity contribution < 1.29 is 17.8 Å². The minimum Gasteiger partial charge on any atom is -0.325 e. The summed E-state index contributed by atoms with van der Waals surface area (Å²) in [5.41, 5.74) is 0.789. The lowest BCUT2D eigenvalue weighted by Gasteiger charge is -2.10. The van der Waals surface area contributed by atoms with Gasteiger partial charge in [-0.2, -0.15) is 8.42 Å². The smallest absolute Gasteiger partial charge is 0.294 e. The van der Waals surface area contributed by atoms with Crippen LogP contribution in [0.5, 0.6) is 0 Å². The van der Waals surface area contributed by atoms with Crippen molar-refractivity contribution in [2.75, 3.05) is 5.32 Å². The molecule has 0 aliphatic rings. The predicted molar refractivity (Wildman–Crippen MR) is 83.0 cm³/mol. The van der Waals surface area contributed by atoms with Gasteiger partial charge in [-0.1, -0.05) is 39.3 Å². The van der Waals surface area contributed by atoms with Gasteiger partial charge in [0, 0.05) is 6.92 Å². The van der Waals surface area contributed by atoms with Crippen molar-refractivity contribution in [3.05, 3.63) is 22.7 Å². The van der Waals surface area contributed by atoms with Crippen molar-refractivity contribution >= 4 is 33.3 Å². The summed E-state index contributed by atoms with van der Waals surface area (Å²) in [6.45, 7) is 10.9. The monoisotopic (exact) mass is 323 g/mol. The molecule has 0 bridgehead atoms. The van der Waals surface area contributed by atoms with Gasteiger partial charge in [-0.25, -0.2) is 0 Å². The highest BCUT2D eigenvalue weighted by molar-refractivity contribution is 7.85. The summed E-state index contributed by atoms with van der Waals surface area (Å²) in [7, 11) is -4.29. The molecule has 0 radical (unpaired) electrons. The van der Waals surface area contributed by atoms with Gasteiger partial charge in [-0.3, -0.25) is 9.35 Å². The fourth-order valence-corrected chi connectivity index (χ4v) is 2.17. The molecule has 1 aromatic carbocycles. The van der Waals surface area contributed by atoms with E-state index in [9.17, 15) is 13.2 Å². The molecule has 0 unspecified atom stereocenters. The Hall–Kier alpha value is -1.11. The normalized spacial score (nSPS) is 9.60. The molecule has 2 N–H and O–H groups in total. The fourth-order valence-electron chi connectivity index (χ4n) is 1.20. The van der Waals surface area contributed by atoms with Gasteiger partial charge in [-0.05, 0) is 24.6 Å². The fraction of sp³-hybridized carbons (Fsp3) is 0.462. The first-order valence-electron chi connectivity index (χ1n) is 6.27. The molecule has 0 atom stereocenters. The number of hydrogen-bond acceptors (Lipinski definition) is 3. The van der Waals surface area contributed by atoms with Gasteiger partial charge in [0.2, 0.25) is 5.91 Å². The molecule has 0 saturated carbocycles. The molecule has 0 aliphatic heterocycles. The van der Waals surface area contributed by atoms with Crippen molar-refractivity contribution in [2.45, 2.75) is 46.4 Å². The zero-order valence-electron chi connectivity index (χ0n) is 12.6. The molecule has 5 nitrogen and oxygen atoms in total. The topological polar surface area (TPSA) is 83.5 Å². The molecule has 116 valence electrons. The van der Waals surface area contributed by atoms with Crippen LogP contribution < -0.4 is 5.32 Å². The molecule has 0 heterocycles. The molecular formula is C13H22ClNO4S. The number of hydrogen-bond donors (Lipinski definition) is 2. The van der Waals surface area contributed by atoms with Crippen LogP contribution in [0.2, 0.25) is 5.02 Å². The van der Waals surface area contributed by atoms with Crippen LogP contribution in [0.3, 0.4) is 0 Å². The van der Waals surface area contributed by atoms with Crippen LogP contribution in [-0.4, -0.2) is 18.9 Å². The number of amides is 1. The van der Waals surface area contributed by atoms with E-state index >= 15 is 0 Å². The van der Waals surface area contributed by atoms with Crippen LogP contribution in [-0.2, 0) is 14.9 Å². The zero-order chi connectivity index (χ0) is 16.5. The molecule has 1 rings (SSSR count). The minimum atomic E-state index is -4.29. The lowest BCUT2D eigenvalue weighted by Crippen LogP contribution is -2.09. The highest BCUT2D eigenvalue weighted by Crippen LogP contribution is 2.29. The summed E-state index contributed by atoms with van der Waals surface area (Å²) in [6, 6.07) is 2.31. The highest BCUT2D eigenvalue weighted by Gasteiger charge is 2.15. The van der Waals surface area contributed by atoms with Crippen LogP contribution in [0.15, 0.2) is 17.0 Å². The van der Waals surface area contributed by atoms with Crippen molar-refractivity contribution in [3.63, 3.8) is 0 Å². The number of benzene rings is 1. The predicted octanol–water partition coefficient (Wildman–Crippen LogP) is 3.91. The van der Waals surface area contributed by atoms with Crippen LogP contribution in [0, 0.1) is 6.92 Å². The van der Waals surface area contributed by atoms with Gasteiger partial charge in [0.15, 0.2) is 0 Å². The number of carbonyl (C=O) groups is 1. The first-order valence-corrected chi connectivity index (χ1v) is 8.09. The van der Waals surface area contributed by atoms with Crippen LogP contribution in [0.25, 0.3) is 0 Å². The summed E-state index contributed by atoms with van der Waals surface area (Å²) in [4.78, 5) is 10.6. The van der Waals surface area contributed by atoms with Gasteiger partial charge in [-0.15, -0.1) is 0 Å². The van der Waals surface area contributed by atoms with Gasteiger partial charge in [0.1, 0.15) is 0 Å². The second-order valence-electron chi connectivity index (χ2n) is 3.25. The third-order valence-corrected chi connectivity index (χ3v) is 2.99. The molecule has 0 fully saturated rings. The lowest BCUT2D eigenvalue weighted by atomic mass is 10.2. The number of anilines is 1. The summed E-state index contributed by atoms with van der Waals surface area (Å²) in [5.74, 6) is -0.315. The van der Waals surface area contributed by atoms with Crippen LogP contribution in [0.4, 0.5) is 5.69 Å². The van der Waals surface area contributed by atoms with E-state index in [-0.39, 0.29) is 15.8 Å². The van der Waals surface area contributed by atoms with E-state index in [2.05, 4.69) is 5.32 Å². The van der Waals surface area contributed by atoms with E-state index in [0.717, 1.165) is 6.07 Å². The Morgan fingerprint density at radius 1 is 1.20 bits per heavy atom. The van der Waals surface area contributed by atoms with E-state index in [1.165, 1.54) is 13.0 Å². The number of nitrogens with one attached hydrogen (secondary N) is 1. The SMILES string of the molecule is CC.CC.CC(=O)Nc1c(C)cc(S(=O)(=O)O)cc1Cl. The summed E-state index contributed by atoms with van der Waals surface area (Å²) in [6.07, 6.45) is 0. The van der Waals surface area contributed by atoms with E-state index < -0.39 is 10.1 Å². The van der Waals surface area contributed by atoms with Gasteiger partial charge >= 0.3 is 0 Å². The second kappa shape index (κ2) is 9.74. The Morgan fingerprint density at radius 3 is 1.95 bits per heavy atom. The highest BCUT2D eigenvalue weighted by atomic mass is 35.5. The van der Waals surface area contributed by atoms with Gasteiger partial charge < -0.3 is 5.32 Å². The molecule has 1 amide bonds. The third kappa shape index (κ3) is 6.88. The first-order chi connectivity index (χ1) is 9.21. The Balaban J connectivity index is 0. The maximum atomic E-state index is 10.9. The van der Waals surface area contributed by atoms with Crippen molar-refractivity contribution in [1.82, 2.24) is 0 Å². The van der Waals surface area contributed by atoms with E-state index in [4.69, 9.17) is 16.2 Å². The number of aryl methyl sites for hydroxylation is 1. The molecule has 7 heteroatoms.